The van der Waals surface area contributed by atoms with E-state index in [1.165, 1.54) is 71.4 Å². The lowest BCUT2D eigenvalue weighted by molar-refractivity contribution is 0.283. The Balaban J connectivity index is 0.000000117. The summed E-state index contributed by atoms with van der Waals surface area (Å²) >= 11 is 0. The minimum atomic E-state index is -0.223. The molecule has 3 fully saturated rings. The number of tetrazole rings is 1. The lowest BCUT2D eigenvalue weighted by atomic mass is 9.90. The first-order valence-electron chi connectivity index (χ1n) is 34.9. The predicted octanol–water partition coefficient (Wildman–Crippen LogP) is 12.3. The van der Waals surface area contributed by atoms with Crippen LogP contribution < -0.4 is 20.4 Å². The molecule has 18 rings (SSSR count). The van der Waals surface area contributed by atoms with E-state index in [9.17, 15) is 4.39 Å². The third kappa shape index (κ3) is 12.8. The summed E-state index contributed by atoms with van der Waals surface area (Å²) in [6.45, 7) is 15.6. The lowest BCUT2D eigenvalue weighted by Crippen LogP contribution is -2.50. The van der Waals surface area contributed by atoms with Gasteiger partial charge in [-0.2, -0.15) is 20.3 Å². The second-order valence-electron chi connectivity index (χ2n) is 27.9. The quantitative estimate of drug-likeness (QED) is 0.110. The van der Waals surface area contributed by atoms with Gasteiger partial charge in [0.2, 0.25) is 5.82 Å². The molecule has 6 aromatic carbocycles. The summed E-state index contributed by atoms with van der Waals surface area (Å²) in [6.07, 6.45) is 15.9. The number of nitrogens with zero attached hydrogens (tertiary/aromatic N) is 18. The van der Waals surface area contributed by atoms with E-state index < -0.39 is 0 Å². The van der Waals surface area contributed by atoms with Gasteiger partial charge in [0.1, 0.15) is 18.5 Å². The van der Waals surface area contributed by atoms with Crippen molar-refractivity contribution in [2.75, 3.05) is 76.3 Å². The van der Waals surface area contributed by atoms with Gasteiger partial charge >= 0.3 is 0 Å². The molecule has 0 radical (unpaired) electrons. The third-order valence-electron chi connectivity index (χ3n) is 20.8. The molecule has 2 atom stereocenters. The molecule has 0 aliphatic carbocycles. The normalized spacial score (nSPS) is 15.9. The molecule has 502 valence electrons. The number of halogens is 1. The monoisotopic (exact) mass is 1330 g/mol. The van der Waals surface area contributed by atoms with Crippen LogP contribution in [0, 0.1) is 46.2 Å². The zero-order chi connectivity index (χ0) is 68.0. The van der Waals surface area contributed by atoms with Crippen LogP contribution in [-0.2, 0) is 26.1 Å². The van der Waals surface area contributed by atoms with Crippen LogP contribution in [-0.4, -0.2) is 141 Å². The van der Waals surface area contributed by atoms with Crippen LogP contribution in [0.25, 0.3) is 85.0 Å². The Hall–Kier alpha value is -11.1. The largest absolute Gasteiger partial charge is 0.371 e. The van der Waals surface area contributed by atoms with Crippen LogP contribution in [0.3, 0.4) is 0 Å². The number of hydrogen-bond acceptors (Lipinski definition) is 14. The van der Waals surface area contributed by atoms with Crippen LogP contribution in [0.2, 0.25) is 0 Å². The van der Waals surface area contributed by atoms with E-state index in [1.54, 1.807) is 6.33 Å². The second-order valence-corrected chi connectivity index (χ2v) is 27.9. The highest BCUT2D eigenvalue weighted by atomic mass is 19.1. The first-order valence-corrected chi connectivity index (χ1v) is 34.9. The Kier molecular flexibility index (Phi) is 17.4. The average molecular weight is 1330 g/mol. The highest BCUT2D eigenvalue weighted by Gasteiger charge is 2.31. The molecule has 6 aliphatic heterocycles. The molecule has 0 spiro atoms. The Morgan fingerprint density at radius 3 is 1.78 bits per heavy atom. The summed E-state index contributed by atoms with van der Waals surface area (Å²) in [5.41, 5.74) is 21.6. The molecular weight excluding hydrogens is 1250 g/mol. The number of hydrogen-bond donors (Lipinski definition) is 2. The molecule has 1 unspecified atom stereocenters. The number of benzene rings is 6. The smallest absolute Gasteiger partial charge is 0.203 e. The van der Waals surface area contributed by atoms with Crippen molar-refractivity contribution in [3.63, 3.8) is 0 Å². The van der Waals surface area contributed by atoms with E-state index in [2.05, 4.69) is 211 Å². The molecule has 0 amide bonds. The van der Waals surface area contributed by atoms with E-state index in [0.29, 0.717) is 23.1 Å². The molecule has 3 saturated heterocycles. The summed E-state index contributed by atoms with van der Waals surface area (Å²) in [7, 11) is 4.27. The van der Waals surface area contributed by atoms with E-state index in [1.807, 2.05) is 76.4 Å². The Labute approximate surface area is 581 Å². The maximum Gasteiger partial charge on any atom is 0.203 e. The summed E-state index contributed by atoms with van der Waals surface area (Å²) in [6, 6.07) is 53.6. The van der Waals surface area contributed by atoms with Gasteiger partial charge in [0, 0.05) is 111 Å². The number of rotatable bonds is 13. The number of anilines is 2. The maximum atomic E-state index is 13.4. The lowest BCUT2D eigenvalue weighted by Gasteiger charge is -2.42. The fraction of sp³-hybridized carbons (Fsp3) is 0.304. The molecule has 20 nitrogen and oxygen atoms in total. The summed E-state index contributed by atoms with van der Waals surface area (Å²) < 4.78 is 26.0. The van der Waals surface area contributed by atoms with E-state index in [0.717, 1.165) is 175 Å². The van der Waals surface area contributed by atoms with Crippen LogP contribution in [0.5, 0.6) is 0 Å². The average Bonchev–Trinajstić information content (AvgIpc) is 1.60. The van der Waals surface area contributed by atoms with Gasteiger partial charge < -0.3 is 39.0 Å². The fourth-order valence-electron chi connectivity index (χ4n) is 15.2. The van der Waals surface area contributed by atoms with Crippen molar-refractivity contribution in [1.82, 2.24) is 79.0 Å². The highest BCUT2D eigenvalue weighted by Crippen LogP contribution is 2.40. The summed E-state index contributed by atoms with van der Waals surface area (Å²) in [5, 5.41) is 51.2. The maximum absolute atomic E-state index is 13.4. The molecule has 12 heterocycles. The molecular formula is C79H79FN20. The third-order valence-corrected chi connectivity index (χ3v) is 20.8. The fourth-order valence-corrected chi connectivity index (χ4v) is 15.2. The van der Waals surface area contributed by atoms with Gasteiger partial charge in [-0.15, -0.1) is 15.3 Å². The van der Waals surface area contributed by atoms with Gasteiger partial charge in [-0.05, 0) is 231 Å². The van der Waals surface area contributed by atoms with Crippen molar-refractivity contribution < 1.29 is 4.39 Å². The SMILES string of the molecule is CC[C@@H](C)NCC1CCN(c2ccc3c(c2)Cn2cc(-c4ccc(C#N)cc4)cc2-c2nncn2-3)C1.CN(C)CC1CN(c2ccc3c(c2)Cn2cc(-c4ccc(C#N)cc4)cc2-c2nnnn2-3)C1.Fc1ccc(-c2cc3n(c2)Cc2cc(CC4CCNCC4)ccc2-n2ncnc2-3)cc1. The van der Waals surface area contributed by atoms with Crippen molar-refractivity contribution in [3.05, 3.63) is 216 Å². The van der Waals surface area contributed by atoms with Gasteiger partial charge in [-0.1, -0.05) is 55.5 Å². The van der Waals surface area contributed by atoms with E-state index in [-0.39, 0.29) is 5.82 Å². The van der Waals surface area contributed by atoms with Gasteiger partial charge in [-0.3, -0.25) is 4.57 Å². The number of nitriles is 2. The topological polar surface area (TPSA) is 201 Å². The van der Waals surface area contributed by atoms with Crippen LogP contribution >= 0.6 is 0 Å². The van der Waals surface area contributed by atoms with Crippen LogP contribution in [0.1, 0.15) is 72.9 Å². The van der Waals surface area contributed by atoms with Gasteiger partial charge in [0.15, 0.2) is 11.6 Å². The predicted molar refractivity (Wildman–Crippen MR) is 387 cm³/mol. The van der Waals surface area contributed by atoms with Crippen molar-refractivity contribution in [3.8, 4) is 97.1 Å². The van der Waals surface area contributed by atoms with Crippen molar-refractivity contribution >= 4 is 11.4 Å². The number of piperidine rings is 1. The van der Waals surface area contributed by atoms with E-state index in [4.69, 9.17) is 10.5 Å². The molecule has 12 aromatic rings. The number of nitrogens with one attached hydrogen (secondary N) is 2. The number of fused-ring (bicyclic) bond motifs is 15. The van der Waals surface area contributed by atoms with Gasteiger partial charge in [0.05, 0.1) is 57.4 Å². The Bertz CT molecular complexity index is 5020. The second kappa shape index (κ2) is 27.3. The Morgan fingerprint density at radius 1 is 0.590 bits per heavy atom. The molecule has 0 bridgehead atoms. The zero-order valence-corrected chi connectivity index (χ0v) is 56.8. The molecule has 6 aromatic heterocycles. The molecule has 21 heteroatoms. The minimum Gasteiger partial charge on any atom is -0.371 e. The van der Waals surface area contributed by atoms with Crippen molar-refractivity contribution in [2.45, 2.75) is 71.6 Å². The minimum absolute atomic E-state index is 0.223. The molecule has 6 aliphatic rings. The van der Waals surface area contributed by atoms with Crippen LogP contribution in [0.4, 0.5) is 15.8 Å². The highest BCUT2D eigenvalue weighted by molar-refractivity contribution is 5.75. The summed E-state index contributed by atoms with van der Waals surface area (Å²) in [4.78, 5) is 11.8. The zero-order valence-electron chi connectivity index (χ0n) is 56.8. The first-order chi connectivity index (χ1) is 49.0. The molecule has 2 N–H and O–H groups in total. The van der Waals surface area contributed by atoms with Crippen LogP contribution in [0.15, 0.2) is 177 Å². The number of aromatic nitrogens is 13. The Morgan fingerprint density at radius 2 is 1.15 bits per heavy atom. The van der Waals surface area contributed by atoms with E-state index >= 15 is 0 Å². The van der Waals surface area contributed by atoms with Gasteiger partial charge in [0.25, 0.3) is 0 Å². The molecule has 100 heavy (non-hydrogen) atoms. The molecule has 0 saturated carbocycles. The van der Waals surface area contributed by atoms with Crippen molar-refractivity contribution in [2.24, 2.45) is 17.8 Å². The summed E-state index contributed by atoms with van der Waals surface area (Å²) in [5.74, 6) is 4.34. The van der Waals surface area contributed by atoms with Crippen molar-refractivity contribution in [1.29, 1.82) is 10.5 Å². The van der Waals surface area contributed by atoms with Gasteiger partial charge in [-0.25, -0.2) is 14.1 Å². The standard InChI is InChI=1S/C29H31N7.C25H24FN5.C25H24N8/c1-3-20(2)31-15-22-10-11-34(16-22)26-8-9-27-25(12-26)18-35-17-24(23-6-4-21(14-30)5-7-23)13-28(35)29-33-32-19-36(27)29;26-22-4-2-19(3-5-22)20-13-24-25-28-16-29-31(25)23-6-1-18(11-17-7-9-27-10-8-17)12-21(23)15-30(24)14-20;1-30(2)12-18-13-31(14-18)22-7-8-23-21(9-22)16-32-15-20(19-5-3-17(11-26)4-6-19)10-24(32)25-27-28-29-33(23)25/h4-9,12-13,17,19-20,22,31H,3,10-11,15-16,18H2,1-2H3;1-6,12-14,16-17,27H,7-11,15H2;3-10,15,18H,12-14,16H2,1-2H3/t20-,22?;;/m1../s1. The first kappa shape index (κ1) is 63.6.